The lowest BCUT2D eigenvalue weighted by atomic mass is 9.94. The van der Waals surface area contributed by atoms with E-state index in [1.54, 1.807) is 25.8 Å². The van der Waals surface area contributed by atoms with Crippen LogP contribution in [0.3, 0.4) is 0 Å². The van der Waals surface area contributed by atoms with Crippen molar-refractivity contribution >= 4 is 5.96 Å². The van der Waals surface area contributed by atoms with Crippen LogP contribution in [0, 0.1) is 0 Å². The summed E-state index contributed by atoms with van der Waals surface area (Å²) in [5.41, 5.74) is 3.66. The maximum absolute atomic E-state index is 4.77. The van der Waals surface area contributed by atoms with Crippen LogP contribution in [0.25, 0.3) is 5.82 Å². The highest BCUT2D eigenvalue weighted by atomic mass is 15.3. The monoisotopic (exact) mass is 392 g/mol. The van der Waals surface area contributed by atoms with Gasteiger partial charge in [0, 0.05) is 62.4 Å². The quantitative estimate of drug-likeness (QED) is 0.514. The molecule has 0 spiro atoms. The number of fused-ring (bicyclic) bond motifs is 1. The number of pyridine rings is 1. The fourth-order valence-electron chi connectivity index (χ4n) is 3.65. The molecule has 0 amide bonds. The van der Waals surface area contributed by atoms with E-state index in [1.165, 1.54) is 11.3 Å². The summed E-state index contributed by atoms with van der Waals surface area (Å²) >= 11 is 0. The van der Waals surface area contributed by atoms with Crippen molar-refractivity contribution in [1.82, 2.24) is 34.9 Å². The van der Waals surface area contributed by atoms with Gasteiger partial charge in [-0.3, -0.25) is 14.2 Å². The van der Waals surface area contributed by atoms with Gasteiger partial charge in [0.25, 0.3) is 0 Å². The zero-order valence-electron chi connectivity index (χ0n) is 17.2. The number of nitrogens with one attached hydrogen (secondary N) is 2. The van der Waals surface area contributed by atoms with Crippen molar-refractivity contribution in [3.05, 3.63) is 60.1 Å². The molecule has 1 unspecified atom stereocenters. The van der Waals surface area contributed by atoms with Gasteiger partial charge >= 0.3 is 0 Å². The molecule has 1 atom stereocenters. The predicted molar refractivity (Wildman–Crippen MR) is 113 cm³/mol. The average Bonchev–Trinajstić information content (AvgIpc) is 3.41. The molecule has 8 heteroatoms. The Kier molecular flexibility index (Phi) is 5.59. The second kappa shape index (κ2) is 8.46. The Morgan fingerprint density at radius 1 is 1.34 bits per heavy atom. The highest BCUT2D eigenvalue weighted by Crippen LogP contribution is 2.21. The number of aryl methyl sites for hydroxylation is 1. The lowest BCUT2D eigenvalue weighted by Crippen LogP contribution is -2.45. The smallest absolute Gasteiger partial charge is 0.191 e. The van der Waals surface area contributed by atoms with E-state index in [2.05, 4.69) is 56.4 Å². The van der Waals surface area contributed by atoms with Crippen LogP contribution in [0.1, 0.15) is 43.1 Å². The van der Waals surface area contributed by atoms with E-state index in [1.807, 2.05) is 16.8 Å². The lowest BCUT2D eigenvalue weighted by molar-refractivity contribution is 0.499. The van der Waals surface area contributed by atoms with E-state index >= 15 is 0 Å². The topological polar surface area (TPSA) is 85.0 Å². The molecule has 4 rings (SSSR count). The molecule has 0 fully saturated rings. The van der Waals surface area contributed by atoms with Crippen molar-refractivity contribution in [2.75, 3.05) is 7.05 Å². The molecule has 0 radical (unpaired) electrons. The Labute approximate surface area is 171 Å². The minimum Gasteiger partial charge on any atom is -0.353 e. The van der Waals surface area contributed by atoms with E-state index in [4.69, 9.17) is 5.10 Å². The first-order valence-electron chi connectivity index (χ1n) is 10.1. The molecule has 0 bridgehead atoms. The molecule has 0 aromatic carbocycles. The predicted octanol–water partition coefficient (Wildman–Crippen LogP) is 2.27. The Morgan fingerprint density at radius 2 is 2.24 bits per heavy atom. The van der Waals surface area contributed by atoms with Crippen LogP contribution in [-0.4, -0.2) is 43.4 Å². The third kappa shape index (κ3) is 4.31. The molecule has 8 nitrogen and oxygen atoms in total. The molecule has 0 saturated heterocycles. The second-order valence-electron chi connectivity index (χ2n) is 7.64. The van der Waals surface area contributed by atoms with Crippen LogP contribution in [0.2, 0.25) is 0 Å². The molecule has 3 heterocycles. The highest BCUT2D eigenvalue weighted by molar-refractivity contribution is 5.80. The fourth-order valence-corrected chi connectivity index (χ4v) is 3.65. The van der Waals surface area contributed by atoms with Crippen molar-refractivity contribution in [2.45, 2.75) is 51.7 Å². The summed E-state index contributed by atoms with van der Waals surface area (Å²) in [6.45, 7) is 4.95. The zero-order valence-corrected chi connectivity index (χ0v) is 17.2. The molecule has 1 aliphatic rings. The van der Waals surface area contributed by atoms with Gasteiger partial charge in [-0.05, 0) is 38.3 Å². The van der Waals surface area contributed by atoms with Crippen LogP contribution < -0.4 is 10.6 Å². The third-order valence-electron chi connectivity index (χ3n) is 5.25. The fraction of sp³-hybridized carbons (Fsp3) is 0.429. The molecule has 152 valence electrons. The first-order chi connectivity index (χ1) is 14.1. The molecular formula is C21H28N8. The van der Waals surface area contributed by atoms with Crippen molar-refractivity contribution in [1.29, 1.82) is 0 Å². The summed E-state index contributed by atoms with van der Waals surface area (Å²) in [6, 6.07) is 4.73. The highest BCUT2D eigenvalue weighted by Gasteiger charge is 2.23. The normalized spacial score (nSPS) is 16.7. The molecular weight excluding hydrogens is 364 g/mol. The van der Waals surface area contributed by atoms with Crippen LogP contribution in [0.15, 0.2) is 48.2 Å². The Morgan fingerprint density at radius 3 is 3.00 bits per heavy atom. The van der Waals surface area contributed by atoms with Crippen LogP contribution in [-0.2, 0) is 19.4 Å². The zero-order chi connectivity index (χ0) is 20.2. The summed E-state index contributed by atoms with van der Waals surface area (Å²) in [5.74, 6) is 1.66. The SMILES string of the molecule is CN=C(NCc1cccnc1-n1ccnc1)NC1CCc2cn(C(C)C)nc2C1. The molecule has 1 aliphatic carbocycles. The van der Waals surface area contributed by atoms with Crippen LogP contribution in [0.4, 0.5) is 0 Å². The Bertz CT molecular complexity index is 970. The van der Waals surface area contributed by atoms with Gasteiger partial charge in [-0.25, -0.2) is 9.97 Å². The molecule has 0 aliphatic heterocycles. The number of guanidine groups is 1. The largest absolute Gasteiger partial charge is 0.353 e. The van der Waals surface area contributed by atoms with Crippen molar-refractivity contribution in [3.8, 4) is 5.82 Å². The summed E-state index contributed by atoms with van der Waals surface area (Å²) in [7, 11) is 1.80. The number of rotatable bonds is 5. The second-order valence-corrected chi connectivity index (χ2v) is 7.64. The summed E-state index contributed by atoms with van der Waals surface area (Å²) in [5, 5.41) is 11.7. The van der Waals surface area contributed by atoms with Gasteiger partial charge in [0.2, 0.25) is 0 Å². The number of aromatic nitrogens is 5. The first kappa shape index (κ1) is 19.2. The molecule has 2 N–H and O–H groups in total. The summed E-state index contributed by atoms with van der Waals surface area (Å²) in [4.78, 5) is 13.0. The van der Waals surface area contributed by atoms with E-state index in [9.17, 15) is 0 Å². The minimum absolute atomic E-state index is 0.325. The van der Waals surface area contributed by atoms with Gasteiger partial charge in [0.05, 0.1) is 5.69 Å². The van der Waals surface area contributed by atoms with Gasteiger partial charge < -0.3 is 10.6 Å². The molecule has 29 heavy (non-hydrogen) atoms. The van der Waals surface area contributed by atoms with Crippen molar-refractivity contribution < 1.29 is 0 Å². The minimum atomic E-state index is 0.325. The standard InChI is InChI=1S/C21H28N8/c1-15(2)29-13-17-6-7-18(11-19(17)27-29)26-21(22-3)25-12-16-5-4-8-24-20(16)28-10-9-23-14-28/h4-5,8-10,13-15,18H,6-7,11-12H2,1-3H3,(H2,22,25,26). The third-order valence-corrected chi connectivity index (χ3v) is 5.25. The van der Waals surface area contributed by atoms with Gasteiger partial charge in [-0.1, -0.05) is 6.07 Å². The van der Waals surface area contributed by atoms with Gasteiger partial charge in [-0.15, -0.1) is 0 Å². The number of nitrogens with zero attached hydrogens (tertiary/aromatic N) is 6. The average molecular weight is 393 g/mol. The lowest BCUT2D eigenvalue weighted by Gasteiger charge is -2.24. The summed E-state index contributed by atoms with van der Waals surface area (Å²) in [6.07, 6.45) is 12.4. The van der Waals surface area contributed by atoms with Gasteiger partial charge in [0.15, 0.2) is 5.96 Å². The van der Waals surface area contributed by atoms with Crippen molar-refractivity contribution in [2.24, 2.45) is 4.99 Å². The van der Waals surface area contributed by atoms with Gasteiger partial charge in [-0.2, -0.15) is 5.10 Å². The van der Waals surface area contributed by atoms with E-state index in [0.29, 0.717) is 18.6 Å². The maximum Gasteiger partial charge on any atom is 0.191 e. The molecule has 3 aromatic rings. The number of imidazole rings is 1. The Hall–Kier alpha value is -3.16. The molecule has 3 aromatic heterocycles. The van der Waals surface area contributed by atoms with E-state index in [-0.39, 0.29) is 0 Å². The maximum atomic E-state index is 4.77. The van der Waals surface area contributed by atoms with Crippen molar-refractivity contribution in [3.63, 3.8) is 0 Å². The summed E-state index contributed by atoms with van der Waals surface area (Å²) < 4.78 is 3.99. The van der Waals surface area contributed by atoms with E-state index in [0.717, 1.165) is 36.6 Å². The van der Waals surface area contributed by atoms with Crippen LogP contribution in [0.5, 0.6) is 0 Å². The van der Waals surface area contributed by atoms with Crippen LogP contribution >= 0.6 is 0 Å². The van der Waals surface area contributed by atoms with E-state index < -0.39 is 0 Å². The number of hydrogen-bond acceptors (Lipinski definition) is 4. The number of hydrogen-bond donors (Lipinski definition) is 2. The molecule has 0 saturated carbocycles. The van der Waals surface area contributed by atoms with Gasteiger partial charge in [0.1, 0.15) is 12.1 Å². The Balaban J connectivity index is 1.39. The number of aliphatic imine (C=N–C) groups is 1. The first-order valence-corrected chi connectivity index (χ1v) is 10.1.